The second kappa shape index (κ2) is 7.05. The first-order valence-corrected chi connectivity index (χ1v) is 7.68. The van der Waals surface area contributed by atoms with Crippen LogP contribution in [-0.2, 0) is 16.0 Å². The number of nitrogens with one attached hydrogen (secondary N) is 2. The molecule has 2 N–H and O–H groups in total. The van der Waals surface area contributed by atoms with Gasteiger partial charge in [-0.1, -0.05) is 29.3 Å². The zero-order chi connectivity index (χ0) is 15.4. The van der Waals surface area contributed by atoms with E-state index in [-0.39, 0.29) is 24.1 Å². The molecule has 116 valence electrons. The molecule has 1 unspecified atom stereocenters. The van der Waals surface area contributed by atoms with Crippen LogP contribution in [0.3, 0.4) is 0 Å². The lowest BCUT2D eigenvalue weighted by molar-refractivity contribution is -0.129. The van der Waals surface area contributed by atoms with E-state index in [1.807, 2.05) is 13.8 Å². The van der Waals surface area contributed by atoms with Crippen molar-refractivity contribution < 1.29 is 9.53 Å². The number of carbonyl (C=O) groups is 1. The summed E-state index contributed by atoms with van der Waals surface area (Å²) in [4.78, 5) is 12.3. The zero-order valence-corrected chi connectivity index (χ0v) is 13.4. The monoisotopic (exact) mass is 290 g/mol. The van der Waals surface area contributed by atoms with Crippen molar-refractivity contribution >= 4 is 5.91 Å². The molecule has 1 saturated heterocycles. The maximum Gasteiger partial charge on any atom is 0.240 e. The highest BCUT2D eigenvalue weighted by Gasteiger charge is 2.28. The van der Waals surface area contributed by atoms with Crippen molar-refractivity contribution in [2.45, 2.75) is 52.3 Å². The summed E-state index contributed by atoms with van der Waals surface area (Å²) in [5.74, 6) is 0.0269. The van der Waals surface area contributed by atoms with Crippen molar-refractivity contribution in [1.82, 2.24) is 10.6 Å². The minimum absolute atomic E-state index is 0.0269. The van der Waals surface area contributed by atoms with E-state index in [9.17, 15) is 4.79 Å². The van der Waals surface area contributed by atoms with Crippen molar-refractivity contribution in [1.29, 1.82) is 0 Å². The Kier molecular flexibility index (Phi) is 5.37. The van der Waals surface area contributed by atoms with E-state index in [4.69, 9.17) is 4.74 Å². The molecule has 0 aliphatic carbocycles. The molecule has 1 aromatic rings. The van der Waals surface area contributed by atoms with Gasteiger partial charge in [0, 0.05) is 12.6 Å². The summed E-state index contributed by atoms with van der Waals surface area (Å²) in [5.41, 5.74) is 3.79. The van der Waals surface area contributed by atoms with Gasteiger partial charge in [-0.3, -0.25) is 4.79 Å². The van der Waals surface area contributed by atoms with Gasteiger partial charge < -0.3 is 15.4 Å². The fourth-order valence-corrected chi connectivity index (χ4v) is 2.95. The fourth-order valence-electron chi connectivity index (χ4n) is 2.95. The molecule has 0 spiro atoms. The first kappa shape index (κ1) is 16.0. The standard InChI is InChI=1S/C17H26N2O2/c1-11-7-12(2)9-15(8-11)10-13(3)19-17(20)16-14(4)21-6-5-18-16/h7-9,13-14,16,18H,5-6,10H2,1-4H3,(H,19,20)/t13?,14-,16+/m1/s1. The molecular weight excluding hydrogens is 264 g/mol. The molecule has 1 aliphatic heterocycles. The fraction of sp³-hybridized carbons (Fsp3) is 0.588. The van der Waals surface area contributed by atoms with E-state index in [0.717, 1.165) is 13.0 Å². The third kappa shape index (κ3) is 4.55. The molecule has 1 aliphatic rings. The molecule has 3 atom stereocenters. The average Bonchev–Trinajstić information content (AvgIpc) is 2.37. The predicted molar refractivity (Wildman–Crippen MR) is 84.4 cm³/mol. The molecule has 2 rings (SSSR count). The van der Waals surface area contributed by atoms with E-state index >= 15 is 0 Å². The minimum atomic E-state index is -0.250. The van der Waals surface area contributed by atoms with Crippen LogP contribution in [0.2, 0.25) is 0 Å². The normalized spacial score (nSPS) is 23.6. The maximum atomic E-state index is 12.3. The second-order valence-electron chi connectivity index (χ2n) is 6.12. The number of amides is 1. The Morgan fingerprint density at radius 2 is 2.05 bits per heavy atom. The van der Waals surface area contributed by atoms with Crippen LogP contribution >= 0.6 is 0 Å². The van der Waals surface area contributed by atoms with Crippen LogP contribution < -0.4 is 10.6 Å². The van der Waals surface area contributed by atoms with Gasteiger partial charge >= 0.3 is 0 Å². The molecule has 1 aromatic carbocycles. The lowest BCUT2D eigenvalue weighted by Crippen LogP contribution is -2.56. The van der Waals surface area contributed by atoms with Crippen molar-refractivity contribution in [3.05, 3.63) is 34.9 Å². The molecule has 0 aromatic heterocycles. The summed E-state index contributed by atoms with van der Waals surface area (Å²) in [6.07, 6.45) is 0.767. The van der Waals surface area contributed by atoms with Crippen LogP contribution in [-0.4, -0.2) is 37.2 Å². The molecule has 0 radical (unpaired) electrons. The van der Waals surface area contributed by atoms with Gasteiger partial charge in [-0.25, -0.2) is 0 Å². The van der Waals surface area contributed by atoms with Gasteiger partial charge in [-0.15, -0.1) is 0 Å². The number of hydrogen-bond donors (Lipinski definition) is 2. The summed E-state index contributed by atoms with van der Waals surface area (Å²) >= 11 is 0. The van der Waals surface area contributed by atoms with Gasteiger partial charge in [0.25, 0.3) is 0 Å². The molecular formula is C17H26N2O2. The number of ether oxygens (including phenoxy) is 1. The van der Waals surface area contributed by atoms with E-state index in [2.05, 4.69) is 42.7 Å². The van der Waals surface area contributed by atoms with Crippen LogP contribution in [0.25, 0.3) is 0 Å². The third-order valence-corrected chi connectivity index (χ3v) is 3.81. The topological polar surface area (TPSA) is 50.4 Å². The average molecular weight is 290 g/mol. The Bertz CT molecular complexity index is 481. The molecule has 1 amide bonds. The Morgan fingerprint density at radius 1 is 1.38 bits per heavy atom. The Balaban J connectivity index is 1.91. The van der Waals surface area contributed by atoms with E-state index in [1.54, 1.807) is 0 Å². The Labute approximate surface area is 127 Å². The summed E-state index contributed by atoms with van der Waals surface area (Å²) in [5, 5.41) is 6.31. The molecule has 4 nitrogen and oxygen atoms in total. The van der Waals surface area contributed by atoms with Gasteiger partial charge in [0.2, 0.25) is 5.91 Å². The summed E-state index contributed by atoms with van der Waals surface area (Å²) in [6.45, 7) is 9.58. The molecule has 4 heteroatoms. The Hall–Kier alpha value is -1.39. The first-order chi connectivity index (χ1) is 9.95. The summed E-state index contributed by atoms with van der Waals surface area (Å²) in [6, 6.07) is 6.38. The number of aryl methyl sites for hydroxylation is 2. The van der Waals surface area contributed by atoms with Gasteiger partial charge in [-0.05, 0) is 39.7 Å². The van der Waals surface area contributed by atoms with Crippen LogP contribution in [0.1, 0.15) is 30.5 Å². The van der Waals surface area contributed by atoms with Gasteiger partial charge in [0.1, 0.15) is 6.04 Å². The van der Waals surface area contributed by atoms with E-state index in [1.165, 1.54) is 16.7 Å². The smallest absolute Gasteiger partial charge is 0.240 e. The molecule has 0 saturated carbocycles. The lowest BCUT2D eigenvalue weighted by Gasteiger charge is -2.30. The maximum absolute atomic E-state index is 12.3. The van der Waals surface area contributed by atoms with Crippen LogP contribution in [0.5, 0.6) is 0 Å². The number of carbonyl (C=O) groups excluding carboxylic acids is 1. The molecule has 1 fully saturated rings. The largest absolute Gasteiger partial charge is 0.375 e. The highest BCUT2D eigenvalue weighted by atomic mass is 16.5. The van der Waals surface area contributed by atoms with Crippen LogP contribution in [0.4, 0.5) is 0 Å². The lowest BCUT2D eigenvalue weighted by atomic mass is 10.0. The van der Waals surface area contributed by atoms with Gasteiger partial charge in [0.15, 0.2) is 0 Å². The molecule has 21 heavy (non-hydrogen) atoms. The van der Waals surface area contributed by atoms with Crippen LogP contribution in [0, 0.1) is 13.8 Å². The number of hydrogen-bond acceptors (Lipinski definition) is 3. The number of morpholine rings is 1. The van der Waals surface area contributed by atoms with Gasteiger partial charge in [-0.2, -0.15) is 0 Å². The van der Waals surface area contributed by atoms with Crippen molar-refractivity contribution in [2.75, 3.05) is 13.2 Å². The van der Waals surface area contributed by atoms with E-state index in [0.29, 0.717) is 6.61 Å². The number of benzene rings is 1. The highest BCUT2D eigenvalue weighted by Crippen LogP contribution is 2.11. The van der Waals surface area contributed by atoms with Crippen LogP contribution in [0.15, 0.2) is 18.2 Å². The van der Waals surface area contributed by atoms with Crippen molar-refractivity contribution in [2.24, 2.45) is 0 Å². The third-order valence-electron chi connectivity index (χ3n) is 3.81. The summed E-state index contributed by atoms with van der Waals surface area (Å²) in [7, 11) is 0. The first-order valence-electron chi connectivity index (χ1n) is 7.68. The summed E-state index contributed by atoms with van der Waals surface area (Å²) < 4.78 is 5.52. The van der Waals surface area contributed by atoms with E-state index < -0.39 is 0 Å². The SMILES string of the molecule is Cc1cc(C)cc(CC(C)NC(=O)[C@H]2NCCO[C@@H]2C)c1. The molecule has 1 heterocycles. The highest BCUT2D eigenvalue weighted by molar-refractivity contribution is 5.82. The van der Waals surface area contributed by atoms with Crippen molar-refractivity contribution in [3.63, 3.8) is 0 Å². The second-order valence-corrected chi connectivity index (χ2v) is 6.12. The van der Waals surface area contributed by atoms with Crippen molar-refractivity contribution in [3.8, 4) is 0 Å². The number of rotatable bonds is 4. The molecule has 0 bridgehead atoms. The minimum Gasteiger partial charge on any atom is -0.375 e. The Morgan fingerprint density at radius 3 is 2.67 bits per heavy atom. The van der Waals surface area contributed by atoms with Gasteiger partial charge in [0.05, 0.1) is 12.7 Å². The quantitative estimate of drug-likeness (QED) is 0.888. The zero-order valence-electron chi connectivity index (χ0n) is 13.4. The predicted octanol–water partition coefficient (Wildman–Crippen LogP) is 1.73.